The van der Waals surface area contributed by atoms with Gasteiger partial charge in [0.05, 0.1) is 5.69 Å². The van der Waals surface area contributed by atoms with Crippen LogP contribution in [0.5, 0.6) is 0 Å². The second kappa shape index (κ2) is 6.18. The molecule has 0 spiro atoms. The zero-order chi connectivity index (χ0) is 14.8. The number of nitrogens with two attached hydrogens (primary N) is 1. The first-order valence-electron chi connectivity index (χ1n) is 7.27. The van der Waals surface area contributed by atoms with Gasteiger partial charge in [0.1, 0.15) is 4.88 Å². The molecule has 20 heavy (non-hydrogen) atoms. The van der Waals surface area contributed by atoms with Gasteiger partial charge in [-0.2, -0.15) is 0 Å². The molecule has 2 unspecified atom stereocenters. The third kappa shape index (κ3) is 3.35. The number of nitrogens with zero attached hydrogens (tertiary/aromatic N) is 2. The highest BCUT2D eigenvalue weighted by molar-refractivity contribution is 7.08. The Balaban J connectivity index is 2.10. The van der Waals surface area contributed by atoms with Crippen molar-refractivity contribution in [2.45, 2.75) is 57.9 Å². The van der Waals surface area contributed by atoms with Gasteiger partial charge in [-0.15, -0.1) is 5.10 Å². The average molecular weight is 296 g/mol. The summed E-state index contributed by atoms with van der Waals surface area (Å²) in [7, 11) is 0. The van der Waals surface area contributed by atoms with Crippen molar-refractivity contribution in [3.8, 4) is 0 Å². The Morgan fingerprint density at radius 3 is 2.75 bits per heavy atom. The molecule has 1 amide bonds. The molecule has 1 aromatic rings. The Morgan fingerprint density at radius 2 is 2.10 bits per heavy atom. The van der Waals surface area contributed by atoms with Crippen LogP contribution >= 0.6 is 11.5 Å². The molecule has 3 N–H and O–H groups in total. The van der Waals surface area contributed by atoms with E-state index in [1.165, 1.54) is 18.0 Å². The van der Waals surface area contributed by atoms with Crippen molar-refractivity contribution in [3.05, 3.63) is 10.6 Å². The average Bonchev–Trinajstić information content (AvgIpc) is 2.88. The summed E-state index contributed by atoms with van der Waals surface area (Å²) in [5.74, 6) is 0.349. The minimum absolute atomic E-state index is 0.0460. The predicted molar refractivity (Wildman–Crippen MR) is 80.9 cm³/mol. The third-order valence-corrected chi connectivity index (χ3v) is 4.66. The fourth-order valence-electron chi connectivity index (χ4n) is 2.74. The molecule has 1 aliphatic carbocycles. The van der Waals surface area contributed by atoms with E-state index in [1.54, 1.807) is 0 Å². The van der Waals surface area contributed by atoms with Crippen LogP contribution in [0.1, 0.15) is 61.8 Å². The zero-order valence-electron chi connectivity index (χ0n) is 12.5. The molecule has 1 aromatic heterocycles. The number of hydrogen-bond acceptors (Lipinski definition) is 5. The number of carbonyl (C=O) groups excluding carboxylic acids is 1. The first-order valence-corrected chi connectivity index (χ1v) is 8.04. The Labute approximate surface area is 124 Å². The number of hydrogen-bond donors (Lipinski definition) is 2. The van der Waals surface area contributed by atoms with Gasteiger partial charge in [0, 0.05) is 11.5 Å². The maximum Gasteiger partial charge on any atom is 0.265 e. The lowest BCUT2D eigenvalue weighted by molar-refractivity contribution is 0.0910. The second-order valence-corrected chi connectivity index (χ2v) is 7.31. The summed E-state index contributed by atoms with van der Waals surface area (Å²) >= 11 is 1.18. The van der Waals surface area contributed by atoms with E-state index in [0.29, 0.717) is 17.3 Å². The maximum absolute atomic E-state index is 12.5. The molecule has 1 saturated carbocycles. The fourth-order valence-corrected chi connectivity index (χ4v) is 3.52. The van der Waals surface area contributed by atoms with Crippen molar-refractivity contribution in [1.82, 2.24) is 14.9 Å². The van der Waals surface area contributed by atoms with Crippen LogP contribution in [0.25, 0.3) is 0 Å². The van der Waals surface area contributed by atoms with E-state index in [-0.39, 0.29) is 17.4 Å². The summed E-state index contributed by atoms with van der Waals surface area (Å²) in [5.41, 5.74) is 6.42. The second-order valence-electron chi connectivity index (χ2n) is 6.56. The van der Waals surface area contributed by atoms with Crippen molar-refractivity contribution >= 4 is 17.4 Å². The van der Waals surface area contributed by atoms with Crippen LogP contribution in [-0.4, -0.2) is 28.1 Å². The molecule has 1 aliphatic rings. The number of aromatic nitrogens is 2. The quantitative estimate of drug-likeness (QED) is 0.895. The number of carbonyl (C=O) groups is 1. The molecule has 6 heteroatoms. The molecular weight excluding hydrogens is 272 g/mol. The van der Waals surface area contributed by atoms with Crippen molar-refractivity contribution in [2.24, 2.45) is 11.7 Å². The minimum atomic E-state index is -0.167. The van der Waals surface area contributed by atoms with E-state index in [1.807, 2.05) is 20.8 Å². The highest BCUT2D eigenvalue weighted by Crippen LogP contribution is 2.27. The lowest BCUT2D eigenvalue weighted by Gasteiger charge is -2.31. The predicted octanol–water partition coefficient (Wildman–Crippen LogP) is 2.08. The normalized spacial score (nSPS) is 23.6. The van der Waals surface area contributed by atoms with Crippen LogP contribution in [0.2, 0.25) is 0 Å². The molecule has 1 heterocycles. The highest BCUT2D eigenvalue weighted by Gasteiger charge is 2.30. The van der Waals surface area contributed by atoms with Crippen LogP contribution < -0.4 is 11.1 Å². The zero-order valence-corrected chi connectivity index (χ0v) is 13.3. The lowest BCUT2D eigenvalue weighted by atomic mass is 9.84. The van der Waals surface area contributed by atoms with Crippen LogP contribution in [-0.2, 0) is 5.41 Å². The summed E-state index contributed by atoms with van der Waals surface area (Å²) < 4.78 is 3.95. The third-order valence-electron chi connectivity index (χ3n) is 3.93. The minimum Gasteiger partial charge on any atom is -0.348 e. The Hall–Kier alpha value is -1.01. The van der Waals surface area contributed by atoms with Gasteiger partial charge in [-0.05, 0) is 36.8 Å². The van der Waals surface area contributed by atoms with E-state index in [9.17, 15) is 4.79 Å². The molecule has 112 valence electrons. The van der Waals surface area contributed by atoms with Crippen molar-refractivity contribution < 1.29 is 4.79 Å². The van der Waals surface area contributed by atoms with Gasteiger partial charge in [0.25, 0.3) is 5.91 Å². The summed E-state index contributed by atoms with van der Waals surface area (Å²) in [5, 5.41) is 7.27. The first kappa shape index (κ1) is 15.4. The van der Waals surface area contributed by atoms with Gasteiger partial charge < -0.3 is 11.1 Å². The lowest BCUT2D eigenvalue weighted by Crippen LogP contribution is -2.45. The van der Waals surface area contributed by atoms with Crippen LogP contribution in [0.15, 0.2) is 0 Å². The standard InChI is InChI=1S/C14H24N4OS/c1-14(2,3)12-11(20-18-17-12)13(19)16-10-7-5-4-6-9(10)8-15/h9-10H,4-8,15H2,1-3H3,(H,16,19). The Bertz CT molecular complexity index is 466. The van der Waals surface area contributed by atoms with E-state index < -0.39 is 0 Å². The van der Waals surface area contributed by atoms with E-state index in [2.05, 4.69) is 14.9 Å². The van der Waals surface area contributed by atoms with Gasteiger partial charge >= 0.3 is 0 Å². The maximum atomic E-state index is 12.5. The van der Waals surface area contributed by atoms with Gasteiger partial charge in [0.2, 0.25) is 0 Å². The molecule has 5 nitrogen and oxygen atoms in total. The van der Waals surface area contributed by atoms with Crippen LogP contribution in [0.3, 0.4) is 0 Å². The number of amides is 1. The van der Waals surface area contributed by atoms with Gasteiger partial charge in [0.15, 0.2) is 0 Å². The SMILES string of the molecule is CC(C)(C)c1nnsc1C(=O)NC1CCCCC1CN. The summed E-state index contributed by atoms with van der Waals surface area (Å²) in [4.78, 5) is 13.1. The van der Waals surface area contributed by atoms with Gasteiger partial charge in [-0.1, -0.05) is 38.1 Å². The number of nitrogens with one attached hydrogen (secondary N) is 1. The highest BCUT2D eigenvalue weighted by atomic mass is 32.1. The molecule has 0 bridgehead atoms. The smallest absolute Gasteiger partial charge is 0.265 e. The van der Waals surface area contributed by atoms with E-state index in [0.717, 1.165) is 25.0 Å². The van der Waals surface area contributed by atoms with Crippen molar-refractivity contribution in [2.75, 3.05) is 6.54 Å². The van der Waals surface area contributed by atoms with Crippen molar-refractivity contribution in [3.63, 3.8) is 0 Å². The number of rotatable bonds is 3. The Kier molecular flexibility index (Phi) is 4.75. The monoisotopic (exact) mass is 296 g/mol. The van der Waals surface area contributed by atoms with Gasteiger partial charge in [-0.25, -0.2) is 0 Å². The molecule has 2 atom stereocenters. The molecule has 2 rings (SSSR count). The molecule has 0 radical (unpaired) electrons. The van der Waals surface area contributed by atoms with Crippen LogP contribution in [0.4, 0.5) is 0 Å². The largest absolute Gasteiger partial charge is 0.348 e. The molecule has 0 aromatic carbocycles. The molecule has 0 aliphatic heterocycles. The molecule has 1 fully saturated rings. The molecular formula is C14H24N4OS. The summed E-state index contributed by atoms with van der Waals surface area (Å²) in [6.45, 7) is 6.77. The van der Waals surface area contributed by atoms with Gasteiger partial charge in [-0.3, -0.25) is 4.79 Å². The fraction of sp³-hybridized carbons (Fsp3) is 0.786. The Morgan fingerprint density at radius 1 is 1.40 bits per heavy atom. The molecule has 0 saturated heterocycles. The van der Waals surface area contributed by atoms with E-state index >= 15 is 0 Å². The summed E-state index contributed by atoms with van der Waals surface area (Å²) in [6.07, 6.45) is 4.50. The first-order chi connectivity index (χ1) is 9.43. The van der Waals surface area contributed by atoms with Crippen molar-refractivity contribution in [1.29, 1.82) is 0 Å². The van der Waals surface area contributed by atoms with Crippen LogP contribution in [0, 0.1) is 5.92 Å². The van der Waals surface area contributed by atoms with E-state index in [4.69, 9.17) is 5.73 Å². The topological polar surface area (TPSA) is 80.9 Å². The summed E-state index contributed by atoms with van der Waals surface area (Å²) in [6, 6.07) is 0.191.